The third-order valence-corrected chi connectivity index (χ3v) is 4.47. The molecule has 6 nitrogen and oxygen atoms in total. The van der Waals surface area contributed by atoms with Crippen molar-refractivity contribution >= 4 is 34.8 Å². The molecule has 1 aliphatic heterocycles. The molecule has 1 saturated heterocycles. The van der Waals surface area contributed by atoms with Crippen molar-refractivity contribution in [3.05, 3.63) is 53.1 Å². The summed E-state index contributed by atoms with van der Waals surface area (Å²) in [6.45, 7) is 0.218. The van der Waals surface area contributed by atoms with Gasteiger partial charge in [-0.05, 0) is 30.3 Å². The number of carbonyl (C=O) groups excluding carboxylic acids is 2. The largest absolute Gasteiger partial charge is 0.495 e. The normalized spacial score (nSPS) is 16.3. The second-order valence-electron chi connectivity index (χ2n) is 5.87. The molecule has 2 aromatic rings. The number of rotatable bonds is 4. The number of amides is 2. The molecule has 0 saturated carbocycles. The number of carbonyl (C=O) groups is 2. The number of anilines is 2. The first kappa shape index (κ1) is 17.8. The van der Waals surface area contributed by atoms with Crippen molar-refractivity contribution in [2.24, 2.45) is 5.92 Å². The fourth-order valence-electron chi connectivity index (χ4n) is 2.91. The third kappa shape index (κ3) is 3.48. The summed E-state index contributed by atoms with van der Waals surface area (Å²) in [7, 11) is 1.51. The van der Waals surface area contributed by atoms with Crippen molar-refractivity contribution in [1.29, 1.82) is 5.26 Å². The average molecular weight is 370 g/mol. The molecule has 1 unspecified atom stereocenters. The molecular formula is C19H16ClN3O3. The summed E-state index contributed by atoms with van der Waals surface area (Å²) in [5, 5.41) is 12.3. The molecule has 1 fully saturated rings. The van der Waals surface area contributed by atoms with E-state index in [1.807, 2.05) is 6.07 Å². The topological polar surface area (TPSA) is 82.4 Å². The number of ether oxygens (including phenoxy) is 1. The van der Waals surface area contributed by atoms with Crippen LogP contribution < -0.4 is 15.0 Å². The maximum Gasteiger partial charge on any atom is 0.229 e. The Morgan fingerprint density at radius 3 is 2.85 bits per heavy atom. The first-order valence-corrected chi connectivity index (χ1v) is 8.35. The van der Waals surface area contributed by atoms with E-state index < -0.39 is 5.92 Å². The molecule has 132 valence electrons. The van der Waals surface area contributed by atoms with Crippen LogP contribution in [0.4, 0.5) is 11.4 Å². The van der Waals surface area contributed by atoms with E-state index in [0.29, 0.717) is 27.7 Å². The van der Waals surface area contributed by atoms with Crippen molar-refractivity contribution in [1.82, 2.24) is 0 Å². The lowest BCUT2D eigenvalue weighted by molar-refractivity contribution is -0.122. The van der Waals surface area contributed by atoms with Crippen molar-refractivity contribution in [2.45, 2.75) is 6.42 Å². The molecule has 0 radical (unpaired) electrons. The predicted molar refractivity (Wildman–Crippen MR) is 98.3 cm³/mol. The number of nitrogens with one attached hydrogen (secondary N) is 1. The number of para-hydroxylation sites is 1. The Morgan fingerprint density at radius 1 is 1.35 bits per heavy atom. The van der Waals surface area contributed by atoms with Gasteiger partial charge in [0.15, 0.2) is 0 Å². The zero-order chi connectivity index (χ0) is 18.7. The monoisotopic (exact) mass is 369 g/mol. The van der Waals surface area contributed by atoms with Gasteiger partial charge in [-0.25, -0.2) is 0 Å². The molecule has 1 N–H and O–H groups in total. The van der Waals surface area contributed by atoms with Crippen LogP contribution >= 0.6 is 11.6 Å². The summed E-state index contributed by atoms with van der Waals surface area (Å²) in [6.07, 6.45) is 0.0796. The van der Waals surface area contributed by atoms with E-state index >= 15 is 0 Å². The SMILES string of the molecule is COc1ccc(Cl)cc1N1CC(C(=O)Nc2ccccc2C#N)CC1=O. The minimum atomic E-state index is -0.530. The van der Waals surface area contributed by atoms with Crippen molar-refractivity contribution in [3.63, 3.8) is 0 Å². The van der Waals surface area contributed by atoms with Crippen LogP contribution in [-0.4, -0.2) is 25.5 Å². The highest BCUT2D eigenvalue weighted by Gasteiger charge is 2.36. The molecule has 1 aliphatic rings. The summed E-state index contributed by atoms with van der Waals surface area (Å²) in [4.78, 5) is 26.5. The highest BCUT2D eigenvalue weighted by molar-refractivity contribution is 6.31. The van der Waals surface area contributed by atoms with Gasteiger partial charge in [0.05, 0.1) is 30.0 Å². The summed E-state index contributed by atoms with van der Waals surface area (Å²) in [6, 6.07) is 13.8. The van der Waals surface area contributed by atoms with Gasteiger partial charge in [-0.2, -0.15) is 5.26 Å². The van der Waals surface area contributed by atoms with Crippen molar-refractivity contribution < 1.29 is 14.3 Å². The molecule has 1 atom stereocenters. The molecule has 2 amide bonds. The summed E-state index contributed by atoms with van der Waals surface area (Å²) in [5.74, 6) is -0.500. The lowest BCUT2D eigenvalue weighted by Crippen LogP contribution is -2.28. The van der Waals surface area contributed by atoms with E-state index in [4.69, 9.17) is 21.6 Å². The van der Waals surface area contributed by atoms with Crippen molar-refractivity contribution in [3.8, 4) is 11.8 Å². The van der Waals surface area contributed by atoms with Crippen LogP contribution in [0.25, 0.3) is 0 Å². The van der Waals surface area contributed by atoms with Gasteiger partial charge in [0, 0.05) is 18.0 Å². The highest BCUT2D eigenvalue weighted by Crippen LogP contribution is 2.35. The van der Waals surface area contributed by atoms with E-state index in [1.54, 1.807) is 42.5 Å². The van der Waals surface area contributed by atoms with Crippen LogP contribution in [0.5, 0.6) is 5.75 Å². The zero-order valence-electron chi connectivity index (χ0n) is 14.0. The quantitative estimate of drug-likeness (QED) is 0.897. The second-order valence-corrected chi connectivity index (χ2v) is 6.30. The van der Waals surface area contributed by atoms with Crippen LogP contribution in [0, 0.1) is 17.2 Å². The van der Waals surface area contributed by atoms with Gasteiger partial charge < -0.3 is 15.0 Å². The van der Waals surface area contributed by atoms with Gasteiger partial charge in [0.25, 0.3) is 0 Å². The molecule has 1 heterocycles. The van der Waals surface area contributed by atoms with Crippen LogP contribution in [0.1, 0.15) is 12.0 Å². The lowest BCUT2D eigenvalue weighted by atomic mass is 10.1. The smallest absolute Gasteiger partial charge is 0.229 e. The standard InChI is InChI=1S/C19H16ClN3O3/c1-26-17-7-6-14(20)9-16(17)23-11-13(8-18(23)24)19(25)22-15-5-3-2-4-12(15)10-21/h2-7,9,13H,8,11H2,1H3,(H,22,25). The number of hydrogen-bond acceptors (Lipinski definition) is 4. The second kappa shape index (κ2) is 7.46. The Bertz CT molecular complexity index is 907. The molecule has 0 aromatic heterocycles. The van der Waals surface area contributed by atoms with Crippen molar-refractivity contribution in [2.75, 3.05) is 23.9 Å². The minimum absolute atomic E-state index is 0.0796. The molecule has 3 rings (SSSR count). The summed E-state index contributed by atoms with van der Waals surface area (Å²) < 4.78 is 5.29. The Morgan fingerprint density at radius 2 is 2.12 bits per heavy atom. The van der Waals surface area contributed by atoms with E-state index in [0.717, 1.165) is 0 Å². The molecular weight excluding hydrogens is 354 g/mol. The fraction of sp³-hybridized carbons (Fsp3) is 0.211. The zero-order valence-corrected chi connectivity index (χ0v) is 14.8. The number of nitrogens with zero attached hydrogens (tertiary/aromatic N) is 2. The summed E-state index contributed by atoms with van der Waals surface area (Å²) >= 11 is 6.04. The van der Waals surface area contributed by atoms with E-state index in [-0.39, 0.29) is 24.8 Å². The van der Waals surface area contributed by atoms with E-state index in [9.17, 15) is 9.59 Å². The number of halogens is 1. The number of methoxy groups -OCH3 is 1. The third-order valence-electron chi connectivity index (χ3n) is 4.23. The molecule has 7 heteroatoms. The highest BCUT2D eigenvalue weighted by atomic mass is 35.5. The Kier molecular flexibility index (Phi) is 5.10. The Hall–Kier alpha value is -3.04. The molecule has 2 aromatic carbocycles. The maximum absolute atomic E-state index is 12.6. The van der Waals surface area contributed by atoms with Gasteiger partial charge in [-0.3, -0.25) is 9.59 Å². The molecule has 26 heavy (non-hydrogen) atoms. The van der Waals surface area contributed by atoms with Crippen LogP contribution in [-0.2, 0) is 9.59 Å². The molecule has 0 bridgehead atoms. The fourth-order valence-corrected chi connectivity index (χ4v) is 3.08. The van der Waals surface area contributed by atoms with E-state index in [1.165, 1.54) is 12.0 Å². The Balaban J connectivity index is 1.79. The number of hydrogen-bond donors (Lipinski definition) is 1. The number of benzene rings is 2. The van der Waals surface area contributed by atoms with Crippen LogP contribution in [0.3, 0.4) is 0 Å². The number of nitriles is 1. The molecule has 0 spiro atoms. The predicted octanol–water partition coefficient (Wildman–Crippen LogP) is 3.21. The first-order chi connectivity index (χ1) is 12.5. The van der Waals surface area contributed by atoms with Gasteiger partial charge in [0.2, 0.25) is 11.8 Å². The first-order valence-electron chi connectivity index (χ1n) is 7.97. The van der Waals surface area contributed by atoms with Gasteiger partial charge in [-0.1, -0.05) is 23.7 Å². The van der Waals surface area contributed by atoms with Gasteiger partial charge in [0.1, 0.15) is 11.8 Å². The van der Waals surface area contributed by atoms with Crippen LogP contribution in [0.15, 0.2) is 42.5 Å². The lowest BCUT2D eigenvalue weighted by Gasteiger charge is -2.20. The average Bonchev–Trinajstić information content (AvgIpc) is 3.04. The van der Waals surface area contributed by atoms with Gasteiger partial charge >= 0.3 is 0 Å². The Labute approximate surface area is 155 Å². The maximum atomic E-state index is 12.6. The molecule has 0 aliphatic carbocycles. The van der Waals surface area contributed by atoms with Crippen LogP contribution in [0.2, 0.25) is 5.02 Å². The minimum Gasteiger partial charge on any atom is -0.495 e. The van der Waals surface area contributed by atoms with E-state index in [2.05, 4.69) is 5.32 Å². The van der Waals surface area contributed by atoms with Gasteiger partial charge in [-0.15, -0.1) is 0 Å². The summed E-state index contributed by atoms with van der Waals surface area (Å²) in [5.41, 5.74) is 1.35.